The van der Waals surface area contributed by atoms with E-state index in [1.807, 2.05) is 0 Å². The summed E-state index contributed by atoms with van der Waals surface area (Å²) in [5.74, 6) is 0. The van der Waals surface area contributed by atoms with Crippen molar-refractivity contribution in [1.82, 2.24) is 0 Å². The zero-order valence-corrected chi connectivity index (χ0v) is 10.2. The molecule has 0 N–H and O–H groups in total. The normalized spacial score (nSPS) is 10.1. The maximum absolute atomic E-state index is 2.24. The SMILES string of the molecule is [Au].c1ccc2cc3ccccc3cc2c1. The third-order valence-corrected chi connectivity index (χ3v) is 2.61. The van der Waals surface area contributed by atoms with Gasteiger partial charge in [-0.2, -0.15) is 0 Å². The van der Waals surface area contributed by atoms with Crippen LogP contribution in [0.3, 0.4) is 0 Å². The van der Waals surface area contributed by atoms with E-state index < -0.39 is 0 Å². The van der Waals surface area contributed by atoms with Crippen LogP contribution < -0.4 is 0 Å². The summed E-state index contributed by atoms with van der Waals surface area (Å²) in [4.78, 5) is 0. The van der Waals surface area contributed by atoms with Crippen LogP contribution in [0.15, 0.2) is 60.7 Å². The van der Waals surface area contributed by atoms with Crippen LogP contribution in [0, 0.1) is 0 Å². The smallest absolute Gasteiger partial charge is 0 e. The first-order valence-electron chi connectivity index (χ1n) is 4.81. The van der Waals surface area contributed by atoms with Gasteiger partial charge in [0.2, 0.25) is 0 Å². The van der Waals surface area contributed by atoms with Gasteiger partial charge in [0.15, 0.2) is 0 Å². The van der Waals surface area contributed by atoms with E-state index in [0.717, 1.165) is 0 Å². The van der Waals surface area contributed by atoms with Gasteiger partial charge in [-0.1, -0.05) is 48.5 Å². The quantitative estimate of drug-likeness (QED) is 0.412. The molecule has 0 saturated carbocycles. The molecule has 0 aliphatic carbocycles. The minimum absolute atomic E-state index is 0. The molecule has 3 rings (SSSR count). The average molecular weight is 375 g/mol. The van der Waals surface area contributed by atoms with E-state index in [-0.39, 0.29) is 22.4 Å². The molecule has 3 aromatic rings. The van der Waals surface area contributed by atoms with Gasteiger partial charge in [-0.05, 0) is 33.7 Å². The Morgan fingerprint density at radius 2 is 0.733 bits per heavy atom. The van der Waals surface area contributed by atoms with Crippen LogP contribution in [-0.2, 0) is 22.4 Å². The molecule has 0 atom stereocenters. The molecule has 0 fully saturated rings. The molecule has 3 aromatic carbocycles. The standard InChI is InChI=1S/C14H10.Au/c1-2-6-12-10-14-8-4-3-7-13(14)9-11(12)5-1;/h1-10H;. The van der Waals surface area contributed by atoms with Crippen molar-refractivity contribution >= 4 is 21.5 Å². The Balaban J connectivity index is 0.000000853. The fraction of sp³-hybridized carbons (Fsp3) is 0. The average Bonchev–Trinajstić information content (AvgIpc) is 2.26. The summed E-state index contributed by atoms with van der Waals surface area (Å²) in [6, 6.07) is 21.4. The summed E-state index contributed by atoms with van der Waals surface area (Å²) in [7, 11) is 0. The molecule has 1 radical (unpaired) electrons. The van der Waals surface area contributed by atoms with E-state index in [9.17, 15) is 0 Å². The van der Waals surface area contributed by atoms with Crippen molar-refractivity contribution in [3.63, 3.8) is 0 Å². The van der Waals surface area contributed by atoms with Gasteiger partial charge in [-0.3, -0.25) is 0 Å². The van der Waals surface area contributed by atoms with Crippen molar-refractivity contribution in [2.75, 3.05) is 0 Å². The third-order valence-electron chi connectivity index (χ3n) is 2.61. The Morgan fingerprint density at radius 3 is 1.00 bits per heavy atom. The summed E-state index contributed by atoms with van der Waals surface area (Å²) >= 11 is 0. The molecule has 0 saturated heterocycles. The second kappa shape index (κ2) is 4.19. The maximum Gasteiger partial charge on any atom is 0 e. The molecule has 0 nitrogen and oxygen atoms in total. The zero-order valence-electron chi connectivity index (χ0n) is 8.08. The monoisotopic (exact) mass is 375 g/mol. The molecule has 77 valence electrons. The van der Waals surface area contributed by atoms with Gasteiger partial charge in [0, 0.05) is 22.4 Å². The van der Waals surface area contributed by atoms with Gasteiger partial charge >= 0.3 is 0 Å². The second-order valence-electron chi connectivity index (χ2n) is 3.55. The number of rotatable bonds is 0. The summed E-state index contributed by atoms with van der Waals surface area (Å²) in [5.41, 5.74) is 0. The van der Waals surface area contributed by atoms with E-state index >= 15 is 0 Å². The van der Waals surface area contributed by atoms with E-state index in [4.69, 9.17) is 0 Å². The Bertz CT molecular complexity index is 494. The Hall–Kier alpha value is -1.08. The molecule has 0 amide bonds. The van der Waals surface area contributed by atoms with Crippen molar-refractivity contribution < 1.29 is 22.4 Å². The van der Waals surface area contributed by atoms with Gasteiger partial charge in [-0.15, -0.1) is 0 Å². The van der Waals surface area contributed by atoms with Crippen LogP contribution in [0.25, 0.3) is 21.5 Å². The van der Waals surface area contributed by atoms with Crippen LogP contribution in [0.2, 0.25) is 0 Å². The Kier molecular flexibility index (Phi) is 2.92. The molecular weight excluding hydrogens is 365 g/mol. The molecule has 0 unspecified atom stereocenters. The van der Waals surface area contributed by atoms with Crippen LogP contribution in [0.5, 0.6) is 0 Å². The van der Waals surface area contributed by atoms with E-state index in [0.29, 0.717) is 0 Å². The van der Waals surface area contributed by atoms with Crippen molar-refractivity contribution in [2.45, 2.75) is 0 Å². The fourth-order valence-electron chi connectivity index (χ4n) is 1.88. The molecule has 0 bridgehead atoms. The maximum atomic E-state index is 2.24. The largest absolute Gasteiger partial charge is 0.0616 e. The fourth-order valence-corrected chi connectivity index (χ4v) is 1.88. The van der Waals surface area contributed by atoms with Gasteiger partial charge in [0.1, 0.15) is 0 Å². The van der Waals surface area contributed by atoms with Crippen LogP contribution in [-0.4, -0.2) is 0 Å². The first kappa shape index (κ1) is 10.4. The molecule has 0 aromatic heterocycles. The van der Waals surface area contributed by atoms with Gasteiger partial charge in [-0.25, -0.2) is 0 Å². The number of hydrogen-bond donors (Lipinski definition) is 0. The third kappa shape index (κ3) is 1.84. The van der Waals surface area contributed by atoms with E-state index in [2.05, 4.69) is 60.7 Å². The Morgan fingerprint density at radius 1 is 0.467 bits per heavy atom. The zero-order chi connectivity index (χ0) is 9.38. The van der Waals surface area contributed by atoms with Crippen molar-refractivity contribution in [3.05, 3.63) is 60.7 Å². The molecule has 0 heterocycles. The summed E-state index contributed by atoms with van der Waals surface area (Å²) < 4.78 is 0. The molecule has 1 heteroatoms. The topological polar surface area (TPSA) is 0 Å². The summed E-state index contributed by atoms with van der Waals surface area (Å²) in [5, 5.41) is 5.25. The number of benzene rings is 3. The molecule has 15 heavy (non-hydrogen) atoms. The Labute approximate surface area is 104 Å². The van der Waals surface area contributed by atoms with Gasteiger partial charge in [0.25, 0.3) is 0 Å². The molecule has 0 aliphatic heterocycles. The van der Waals surface area contributed by atoms with Gasteiger partial charge in [0.05, 0.1) is 0 Å². The van der Waals surface area contributed by atoms with E-state index in [1.165, 1.54) is 21.5 Å². The first-order chi connectivity index (χ1) is 6.93. The predicted molar refractivity (Wildman–Crippen MR) is 61.5 cm³/mol. The van der Waals surface area contributed by atoms with Gasteiger partial charge < -0.3 is 0 Å². The molecule has 0 aliphatic rings. The molecular formula is C14H10Au. The van der Waals surface area contributed by atoms with E-state index in [1.54, 1.807) is 0 Å². The van der Waals surface area contributed by atoms with Crippen LogP contribution >= 0.6 is 0 Å². The van der Waals surface area contributed by atoms with Crippen molar-refractivity contribution in [3.8, 4) is 0 Å². The number of hydrogen-bond acceptors (Lipinski definition) is 0. The van der Waals surface area contributed by atoms with Crippen LogP contribution in [0.4, 0.5) is 0 Å². The number of fused-ring (bicyclic) bond motifs is 2. The minimum atomic E-state index is 0. The summed E-state index contributed by atoms with van der Waals surface area (Å²) in [6.07, 6.45) is 0. The van der Waals surface area contributed by atoms with Crippen LogP contribution in [0.1, 0.15) is 0 Å². The minimum Gasteiger partial charge on any atom is -0.0616 e. The van der Waals surface area contributed by atoms with Crippen molar-refractivity contribution in [1.29, 1.82) is 0 Å². The molecule has 0 spiro atoms. The second-order valence-corrected chi connectivity index (χ2v) is 3.55. The summed E-state index contributed by atoms with van der Waals surface area (Å²) in [6.45, 7) is 0. The predicted octanol–water partition coefficient (Wildman–Crippen LogP) is 3.99. The first-order valence-corrected chi connectivity index (χ1v) is 4.81. The van der Waals surface area contributed by atoms with Crippen molar-refractivity contribution in [2.24, 2.45) is 0 Å².